The van der Waals surface area contributed by atoms with Crippen LogP contribution in [-0.4, -0.2) is 24.3 Å². The first-order valence-electron chi connectivity index (χ1n) is 10.8. The van der Waals surface area contributed by atoms with E-state index >= 15 is 0 Å². The van der Waals surface area contributed by atoms with Gasteiger partial charge in [-0.2, -0.15) is 0 Å². The first-order chi connectivity index (χ1) is 14.7. The Morgan fingerprint density at radius 1 is 1.19 bits per heavy atom. The summed E-state index contributed by atoms with van der Waals surface area (Å²) in [7, 11) is 1.64. The van der Waals surface area contributed by atoms with Gasteiger partial charge in [0.1, 0.15) is 5.75 Å². The van der Waals surface area contributed by atoms with Crippen molar-refractivity contribution in [1.29, 1.82) is 0 Å². The minimum Gasteiger partial charge on any atom is -0.497 e. The molecule has 31 heavy (non-hydrogen) atoms. The van der Waals surface area contributed by atoms with E-state index in [4.69, 9.17) is 4.74 Å². The number of hydrogen-bond donors (Lipinski definition) is 2. The number of allylic oxidation sites excluding steroid dienone is 1. The minimum absolute atomic E-state index is 0.0339. The van der Waals surface area contributed by atoms with E-state index in [2.05, 4.69) is 44.4 Å². The molecule has 0 fully saturated rings. The first kappa shape index (κ1) is 22.6. The molecule has 0 spiro atoms. The summed E-state index contributed by atoms with van der Waals surface area (Å²) in [6.45, 7) is 8.42. The summed E-state index contributed by atoms with van der Waals surface area (Å²) in [4.78, 5) is 25.2. The van der Waals surface area contributed by atoms with E-state index in [1.807, 2.05) is 12.1 Å². The van der Waals surface area contributed by atoms with Crippen molar-refractivity contribution in [2.45, 2.75) is 52.5 Å². The van der Waals surface area contributed by atoms with Crippen molar-refractivity contribution in [3.63, 3.8) is 0 Å². The van der Waals surface area contributed by atoms with Crippen molar-refractivity contribution in [3.8, 4) is 5.75 Å². The molecule has 5 heteroatoms. The fourth-order valence-corrected chi connectivity index (χ4v) is 3.76. The molecule has 0 saturated heterocycles. The first-order valence-corrected chi connectivity index (χ1v) is 10.8. The number of amides is 1. The van der Waals surface area contributed by atoms with Gasteiger partial charge in [-0.05, 0) is 62.4 Å². The Labute approximate surface area is 184 Å². The zero-order valence-corrected chi connectivity index (χ0v) is 19.0. The number of benzene rings is 2. The zero-order chi connectivity index (χ0) is 22.6. The molecule has 0 unspecified atom stereocenters. The van der Waals surface area contributed by atoms with Crippen LogP contribution in [0.25, 0.3) is 5.70 Å². The normalized spacial score (nSPS) is 15.9. The van der Waals surface area contributed by atoms with Crippen LogP contribution in [-0.2, 0) is 11.2 Å². The van der Waals surface area contributed by atoms with E-state index in [-0.39, 0.29) is 17.2 Å². The molecule has 5 nitrogen and oxygen atoms in total. The van der Waals surface area contributed by atoms with Crippen molar-refractivity contribution in [1.82, 2.24) is 5.32 Å². The van der Waals surface area contributed by atoms with E-state index in [1.54, 1.807) is 37.5 Å². The summed E-state index contributed by atoms with van der Waals surface area (Å²) in [5.41, 5.74) is 3.93. The highest BCUT2D eigenvalue weighted by atomic mass is 16.5. The lowest BCUT2D eigenvalue weighted by Crippen LogP contribution is -2.43. The number of rotatable bonds is 7. The summed E-state index contributed by atoms with van der Waals surface area (Å²) in [6.07, 6.45) is 3.80. The van der Waals surface area contributed by atoms with E-state index in [0.717, 1.165) is 29.9 Å². The number of carbonyl (C=O) groups excluding carboxylic acids is 2. The van der Waals surface area contributed by atoms with E-state index in [0.29, 0.717) is 23.6 Å². The SMILES string of the molecule is COc1ccc2c(c1)/C(=C/C(=O)c1cccc(NC(=O)CCC(C)C)c1)NC(C)(C)C2. The topological polar surface area (TPSA) is 67.4 Å². The molecule has 0 atom stereocenters. The van der Waals surface area contributed by atoms with Gasteiger partial charge in [0, 0.05) is 40.5 Å². The maximum atomic E-state index is 13.1. The Kier molecular flexibility index (Phi) is 6.84. The quantitative estimate of drug-likeness (QED) is 0.476. The molecule has 2 N–H and O–H groups in total. The molecule has 1 aliphatic heterocycles. The predicted molar refractivity (Wildman–Crippen MR) is 125 cm³/mol. The fourth-order valence-electron chi connectivity index (χ4n) is 3.76. The summed E-state index contributed by atoms with van der Waals surface area (Å²) in [6, 6.07) is 13.1. The standard InChI is InChI=1S/C26H32N2O3/c1-17(2)9-12-25(30)27-20-8-6-7-18(13-20)24(29)15-23-22-14-21(31-5)11-10-19(22)16-26(3,4)28-23/h6-8,10-11,13-15,17,28H,9,12,16H2,1-5H3,(H,27,30)/b23-15-. The van der Waals surface area contributed by atoms with Crippen molar-refractivity contribution in [2.24, 2.45) is 5.92 Å². The van der Waals surface area contributed by atoms with Gasteiger partial charge in [0.15, 0.2) is 5.78 Å². The largest absolute Gasteiger partial charge is 0.497 e. The third kappa shape index (κ3) is 5.97. The molecule has 0 aromatic heterocycles. The predicted octanol–water partition coefficient (Wildman–Crippen LogP) is 5.22. The van der Waals surface area contributed by atoms with Crippen LogP contribution >= 0.6 is 0 Å². The molecule has 0 bridgehead atoms. The van der Waals surface area contributed by atoms with E-state index < -0.39 is 0 Å². The van der Waals surface area contributed by atoms with Gasteiger partial charge in [0.05, 0.1) is 7.11 Å². The van der Waals surface area contributed by atoms with Crippen LogP contribution in [0.2, 0.25) is 0 Å². The lowest BCUT2D eigenvalue weighted by molar-refractivity contribution is -0.116. The molecule has 0 radical (unpaired) electrons. The van der Waals surface area contributed by atoms with Crippen LogP contribution in [0, 0.1) is 5.92 Å². The highest BCUT2D eigenvalue weighted by Gasteiger charge is 2.28. The Morgan fingerprint density at radius 2 is 1.97 bits per heavy atom. The molecule has 1 amide bonds. The monoisotopic (exact) mass is 420 g/mol. The number of ether oxygens (including phenoxy) is 1. The number of anilines is 1. The van der Waals surface area contributed by atoms with Crippen LogP contribution in [0.4, 0.5) is 5.69 Å². The molecule has 3 rings (SSSR count). The molecular formula is C26H32N2O3. The average Bonchev–Trinajstić information content (AvgIpc) is 2.71. The minimum atomic E-state index is -0.167. The number of nitrogens with one attached hydrogen (secondary N) is 2. The Bertz CT molecular complexity index is 1010. The highest BCUT2D eigenvalue weighted by Crippen LogP contribution is 2.32. The molecule has 164 valence electrons. The van der Waals surface area contributed by atoms with Crippen LogP contribution in [0.5, 0.6) is 5.75 Å². The third-order valence-electron chi connectivity index (χ3n) is 5.37. The molecule has 1 aliphatic rings. The lowest BCUT2D eigenvalue weighted by Gasteiger charge is -2.35. The zero-order valence-electron chi connectivity index (χ0n) is 19.0. The molecule has 2 aromatic rings. The Hall–Kier alpha value is -3.08. The second-order valence-corrected chi connectivity index (χ2v) is 9.19. The number of hydrogen-bond acceptors (Lipinski definition) is 4. The second-order valence-electron chi connectivity index (χ2n) is 9.19. The van der Waals surface area contributed by atoms with Crippen molar-refractivity contribution in [2.75, 3.05) is 12.4 Å². The molecule has 0 saturated carbocycles. The number of methoxy groups -OCH3 is 1. The summed E-state index contributed by atoms with van der Waals surface area (Å²) in [5.74, 6) is 1.07. The molecular weight excluding hydrogens is 388 g/mol. The number of carbonyl (C=O) groups is 2. The fraction of sp³-hybridized carbons (Fsp3) is 0.385. The van der Waals surface area contributed by atoms with E-state index in [9.17, 15) is 9.59 Å². The van der Waals surface area contributed by atoms with Gasteiger partial charge in [-0.1, -0.05) is 32.0 Å². The maximum absolute atomic E-state index is 13.1. The summed E-state index contributed by atoms with van der Waals surface area (Å²) >= 11 is 0. The number of fused-ring (bicyclic) bond motifs is 1. The van der Waals surface area contributed by atoms with Crippen LogP contribution in [0.1, 0.15) is 62.0 Å². The van der Waals surface area contributed by atoms with Crippen LogP contribution < -0.4 is 15.4 Å². The van der Waals surface area contributed by atoms with Crippen molar-refractivity contribution >= 4 is 23.1 Å². The van der Waals surface area contributed by atoms with Gasteiger partial charge in [-0.25, -0.2) is 0 Å². The Balaban J connectivity index is 1.84. The van der Waals surface area contributed by atoms with Crippen LogP contribution in [0.3, 0.4) is 0 Å². The van der Waals surface area contributed by atoms with Crippen LogP contribution in [0.15, 0.2) is 48.5 Å². The van der Waals surface area contributed by atoms with Gasteiger partial charge in [0.2, 0.25) is 5.91 Å². The molecule has 2 aromatic carbocycles. The second kappa shape index (κ2) is 9.38. The number of ketones is 1. The van der Waals surface area contributed by atoms with Gasteiger partial charge < -0.3 is 15.4 Å². The van der Waals surface area contributed by atoms with Gasteiger partial charge >= 0.3 is 0 Å². The van der Waals surface area contributed by atoms with Gasteiger partial charge in [-0.15, -0.1) is 0 Å². The average molecular weight is 421 g/mol. The van der Waals surface area contributed by atoms with E-state index in [1.165, 1.54) is 5.56 Å². The third-order valence-corrected chi connectivity index (χ3v) is 5.37. The molecule has 1 heterocycles. The lowest BCUT2D eigenvalue weighted by atomic mass is 9.85. The van der Waals surface area contributed by atoms with Crippen molar-refractivity contribution in [3.05, 3.63) is 65.2 Å². The molecule has 0 aliphatic carbocycles. The highest BCUT2D eigenvalue weighted by molar-refractivity contribution is 6.09. The smallest absolute Gasteiger partial charge is 0.224 e. The Morgan fingerprint density at radius 3 is 2.68 bits per heavy atom. The van der Waals surface area contributed by atoms with Gasteiger partial charge in [-0.3, -0.25) is 9.59 Å². The van der Waals surface area contributed by atoms with Crippen molar-refractivity contribution < 1.29 is 14.3 Å². The summed E-state index contributed by atoms with van der Waals surface area (Å²) in [5, 5.41) is 6.39. The summed E-state index contributed by atoms with van der Waals surface area (Å²) < 4.78 is 5.38. The maximum Gasteiger partial charge on any atom is 0.224 e. The van der Waals surface area contributed by atoms with Gasteiger partial charge in [0.25, 0.3) is 0 Å².